The molecule has 0 radical (unpaired) electrons. The standard InChI is InChI=1S/C18H29N3O/c1-19-11-5-6-18(22)20-14-16-7-9-17(10-8-16)15-21-12-3-2-4-13-21/h7-10,19H,2-6,11-15H2,1H3,(H,20,22). The second kappa shape index (κ2) is 9.59. The van der Waals surface area contributed by atoms with Gasteiger partial charge in [-0.05, 0) is 57.1 Å². The predicted octanol–water partition coefficient (Wildman–Crippen LogP) is 2.29. The van der Waals surface area contributed by atoms with Gasteiger partial charge in [0.2, 0.25) is 5.91 Å². The highest BCUT2D eigenvalue weighted by Crippen LogP contribution is 2.13. The molecule has 0 aromatic heterocycles. The minimum absolute atomic E-state index is 0.132. The van der Waals surface area contributed by atoms with Gasteiger partial charge >= 0.3 is 0 Å². The maximum absolute atomic E-state index is 11.7. The largest absolute Gasteiger partial charge is 0.352 e. The van der Waals surface area contributed by atoms with E-state index in [-0.39, 0.29) is 5.91 Å². The first-order valence-corrected chi connectivity index (χ1v) is 8.49. The van der Waals surface area contributed by atoms with E-state index in [2.05, 4.69) is 39.8 Å². The molecule has 122 valence electrons. The number of nitrogens with one attached hydrogen (secondary N) is 2. The lowest BCUT2D eigenvalue weighted by Gasteiger charge is -2.26. The summed E-state index contributed by atoms with van der Waals surface area (Å²) in [4.78, 5) is 14.2. The van der Waals surface area contributed by atoms with Gasteiger partial charge in [0.05, 0.1) is 0 Å². The molecule has 0 atom stereocenters. The highest BCUT2D eigenvalue weighted by molar-refractivity contribution is 5.75. The molecule has 0 spiro atoms. The normalized spacial score (nSPS) is 15.7. The van der Waals surface area contributed by atoms with E-state index in [1.54, 1.807) is 0 Å². The summed E-state index contributed by atoms with van der Waals surface area (Å²) in [7, 11) is 1.91. The van der Waals surface area contributed by atoms with E-state index in [9.17, 15) is 4.79 Å². The molecule has 2 rings (SSSR count). The van der Waals surface area contributed by atoms with Crippen LogP contribution in [-0.4, -0.2) is 37.5 Å². The molecule has 1 aromatic rings. The van der Waals surface area contributed by atoms with Gasteiger partial charge in [0.1, 0.15) is 0 Å². The summed E-state index contributed by atoms with van der Waals surface area (Å²) in [6.07, 6.45) is 5.52. The molecule has 0 bridgehead atoms. The monoisotopic (exact) mass is 303 g/mol. The summed E-state index contributed by atoms with van der Waals surface area (Å²) in [6.45, 7) is 5.02. The quantitative estimate of drug-likeness (QED) is 0.724. The fourth-order valence-electron chi connectivity index (χ4n) is 2.85. The average molecular weight is 303 g/mol. The van der Waals surface area contributed by atoms with E-state index in [0.717, 1.165) is 19.5 Å². The average Bonchev–Trinajstić information content (AvgIpc) is 2.55. The van der Waals surface area contributed by atoms with Crippen molar-refractivity contribution in [3.8, 4) is 0 Å². The van der Waals surface area contributed by atoms with E-state index < -0.39 is 0 Å². The van der Waals surface area contributed by atoms with Crippen LogP contribution in [0.4, 0.5) is 0 Å². The molecule has 0 unspecified atom stereocenters. The predicted molar refractivity (Wildman–Crippen MR) is 90.6 cm³/mol. The van der Waals surface area contributed by atoms with E-state index in [1.807, 2.05) is 7.05 Å². The Balaban J connectivity index is 1.70. The number of rotatable bonds is 8. The van der Waals surface area contributed by atoms with Gasteiger partial charge in [-0.3, -0.25) is 9.69 Å². The summed E-state index contributed by atoms with van der Waals surface area (Å²) in [5.41, 5.74) is 2.54. The first-order valence-electron chi connectivity index (χ1n) is 8.49. The van der Waals surface area contributed by atoms with Crippen molar-refractivity contribution in [3.63, 3.8) is 0 Å². The molecule has 22 heavy (non-hydrogen) atoms. The van der Waals surface area contributed by atoms with Crippen LogP contribution in [0.2, 0.25) is 0 Å². The van der Waals surface area contributed by atoms with Crippen molar-refractivity contribution in [1.29, 1.82) is 0 Å². The molecule has 0 saturated carbocycles. The second-order valence-electron chi connectivity index (χ2n) is 6.14. The number of piperidine rings is 1. The van der Waals surface area contributed by atoms with E-state index in [0.29, 0.717) is 13.0 Å². The highest BCUT2D eigenvalue weighted by atomic mass is 16.1. The number of carbonyl (C=O) groups excluding carboxylic acids is 1. The van der Waals surface area contributed by atoms with Gasteiger partial charge in [-0.25, -0.2) is 0 Å². The Morgan fingerprint density at radius 2 is 1.77 bits per heavy atom. The number of likely N-dealkylation sites (tertiary alicyclic amines) is 1. The molecule has 4 heteroatoms. The van der Waals surface area contributed by atoms with Crippen molar-refractivity contribution in [2.45, 2.75) is 45.2 Å². The maximum atomic E-state index is 11.7. The molecular formula is C18H29N3O. The van der Waals surface area contributed by atoms with Crippen molar-refractivity contribution in [3.05, 3.63) is 35.4 Å². The molecule has 1 amide bonds. The van der Waals surface area contributed by atoms with Crippen molar-refractivity contribution in [2.75, 3.05) is 26.7 Å². The summed E-state index contributed by atoms with van der Waals surface area (Å²) in [6, 6.07) is 8.65. The van der Waals surface area contributed by atoms with Gasteiger partial charge in [0, 0.05) is 19.5 Å². The molecule has 0 aliphatic carbocycles. The van der Waals surface area contributed by atoms with Crippen LogP contribution in [0.15, 0.2) is 24.3 Å². The Bertz CT molecular complexity index is 438. The molecule has 1 aliphatic rings. The molecule has 1 aliphatic heterocycles. The number of nitrogens with zero attached hydrogens (tertiary/aromatic N) is 1. The van der Waals surface area contributed by atoms with Crippen LogP contribution in [0.1, 0.15) is 43.2 Å². The van der Waals surface area contributed by atoms with Crippen LogP contribution in [0, 0.1) is 0 Å². The lowest BCUT2D eigenvalue weighted by Crippen LogP contribution is -2.29. The number of hydrogen-bond donors (Lipinski definition) is 2. The van der Waals surface area contributed by atoms with E-state index in [1.165, 1.54) is 43.5 Å². The summed E-state index contributed by atoms with van der Waals surface area (Å²) in [5, 5.41) is 6.03. The molecular weight excluding hydrogens is 274 g/mol. The Morgan fingerprint density at radius 1 is 1.09 bits per heavy atom. The van der Waals surface area contributed by atoms with Gasteiger partial charge in [0.25, 0.3) is 0 Å². The minimum atomic E-state index is 0.132. The minimum Gasteiger partial charge on any atom is -0.352 e. The van der Waals surface area contributed by atoms with Gasteiger partial charge in [-0.1, -0.05) is 30.7 Å². The lowest BCUT2D eigenvalue weighted by molar-refractivity contribution is -0.121. The van der Waals surface area contributed by atoms with Crippen LogP contribution in [-0.2, 0) is 17.9 Å². The lowest BCUT2D eigenvalue weighted by atomic mass is 10.1. The second-order valence-corrected chi connectivity index (χ2v) is 6.14. The molecule has 1 heterocycles. The summed E-state index contributed by atoms with van der Waals surface area (Å²) >= 11 is 0. The molecule has 4 nitrogen and oxygen atoms in total. The van der Waals surface area contributed by atoms with Crippen LogP contribution in [0.3, 0.4) is 0 Å². The van der Waals surface area contributed by atoms with Crippen molar-refractivity contribution in [2.24, 2.45) is 0 Å². The summed E-state index contributed by atoms with van der Waals surface area (Å²) in [5.74, 6) is 0.132. The Morgan fingerprint density at radius 3 is 2.45 bits per heavy atom. The third-order valence-corrected chi connectivity index (χ3v) is 4.20. The first kappa shape index (κ1) is 17.0. The Kier molecular flexibility index (Phi) is 7.40. The van der Waals surface area contributed by atoms with Gasteiger partial charge in [0.15, 0.2) is 0 Å². The van der Waals surface area contributed by atoms with E-state index in [4.69, 9.17) is 0 Å². The fraction of sp³-hybridized carbons (Fsp3) is 0.611. The van der Waals surface area contributed by atoms with Crippen molar-refractivity contribution < 1.29 is 4.79 Å². The van der Waals surface area contributed by atoms with E-state index >= 15 is 0 Å². The van der Waals surface area contributed by atoms with Crippen LogP contribution in [0.25, 0.3) is 0 Å². The van der Waals surface area contributed by atoms with Crippen LogP contribution >= 0.6 is 0 Å². The number of carbonyl (C=O) groups is 1. The zero-order chi connectivity index (χ0) is 15.6. The van der Waals surface area contributed by atoms with Crippen LogP contribution < -0.4 is 10.6 Å². The molecule has 1 aromatic carbocycles. The number of hydrogen-bond acceptors (Lipinski definition) is 3. The maximum Gasteiger partial charge on any atom is 0.220 e. The molecule has 2 N–H and O–H groups in total. The van der Waals surface area contributed by atoms with Crippen molar-refractivity contribution >= 4 is 5.91 Å². The van der Waals surface area contributed by atoms with Crippen molar-refractivity contribution in [1.82, 2.24) is 15.5 Å². The first-order chi connectivity index (χ1) is 10.8. The highest BCUT2D eigenvalue weighted by Gasteiger charge is 2.10. The van der Waals surface area contributed by atoms with Gasteiger partial charge in [-0.2, -0.15) is 0 Å². The van der Waals surface area contributed by atoms with Gasteiger partial charge in [-0.15, -0.1) is 0 Å². The summed E-state index contributed by atoms with van der Waals surface area (Å²) < 4.78 is 0. The number of benzene rings is 1. The fourth-order valence-corrected chi connectivity index (χ4v) is 2.85. The molecule has 1 saturated heterocycles. The van der Waals surface area contributed by atoms with Crippen LogP contribution in [0.5, 0.6) is 0 Å². The smallest absolute Gasteiger partial charge is 0.220 e. The zero-order valence-corrected chi connectivity index (χ0v) is 13.7. The third kappa shape index (κ3) is 6.16. The zero-order valence-electron chi connectivity index (χ0n) is 13.7. The molecule has 1 fully saturated rings. The Labute approximate surface area is 134 Å². The number of amides is 1. The third-order valence-electron chi connectivity index (χ3n) is 4.20. The Hall–Kier alpha value is -1.39. The topological polar surface area (TPSA) is 44.4 Å². The SMILES string of the molecule is CNCCCC(=O)NCc1ccc(CN2CCCCC2)cc1. The van der Waals surface area contributed by atoms with Gasteiger partial charge < -0.3 is 10.6 Å².